The molecule has 4 nitrogen and oxygen atoms in total. The highest BCUT2D eigenvalue weighted by Crippen LogP contribution is 2.22. The van der Waals surface area contributed by atoms with E-state index in [-0.39, 0.29) is 5.56 Å². The number of aromatic nitrogens is 1. The summed E-state index contributed by atoms with van der Waals surface area (Å²) < 4.78 is 0. The van der Waals surface area contributed by atoms with Gasteiger partial charge in [-0.3, -0.25) is 4.98 Å². The molecule has 0 amide bonds. The summed E-state index contributed by atoms with van der Waals surface area (Å²) in [5.74, 6) is -0.972. The highest BCUT2D eigenvalue weighted by atomic mass is 16.4. The zero-order valence-electron chi connectivity index (χ0n) is 9.34. The maximum absolute atomic E-state index is 11.0. The quantitative estimate of drug-likeness (QED) is 0.773. The smallest absolute Gasteiger partial charge is 0.337 e. The summed E-state index contributed by atoms with van der Waals surface area (Å²) >= 11 is 0. The summed E-state index contributed by atoms with van der Waals surface area (Å²) in [5, 5.41) is 9.03. The molecule has 0 aliphatic rings. The van der Waals surface area contributed by atoms with E-state index in [9.17, 15) is 4.79 Å². The van der Waals surface area contributed by atoms with Gasteiger partial charge < -0.3 is 10.8 Å². The van der Waals surface area contributed by atoms with Gasteiger partial charge in [0.1, 0.15) is 0 Å². The Morgan fingerprint density at radius 1 is 1.29 bits per heavy atom. The van der Waals surface area contributed by atoms with E-state index in [2.05, 4.69) is 4.98 Å². The summed E-state index contributed by atoms with van der Waals surface area (Å²) in [7, 11) is 0. The lowest BCUT2D eigenvalue weighted by molar-refractivity contribution is 0.0695. The first-order valence-electron chi connectivity index (χ1n) is 5.14. The number of nitrogen functional groups attached to an aromatic ring is 1. The first-order valence-corrected chi connectivity index (χ1v) is 5.14. The van der Waals surface area contributed by atoms with Gasteiger partial charge in [0.05, 0.1) is 11.3 Å². The van der Waals surface area contributed by atoms with Crippen LogP contribution in [0, 0.1) is 6.92 Å². The van der Waals surface area contributed by atoms with Crippen LogP contribution in [0.5, 0.6) is 0 Å². The molecule has 1 aromatic heterocycles. The highest BCUT2D eigenvalue weighted by Gasteiger charge is 2.10. The topological polar surface area (TPSA) is 76.2 Å². The van der Waals surface area contributed by atoms with E-state index >= 15 is 0 Å². The normalized spacial score (nSPS) is 10.2. The standard InChI is InChI=1S/C13H12N2O2/c1-8-12(13(16)17)6-10(7-15-8)9-3-2-4-11(14)5-9/h2-7H,14H2,1H3,(H,16,17). The fourth-order valence-electron chi connectivity index (χ4n) is 1.63. The second-order valence-electron chi connectivity index (χ2n) is 3.79. The third-order valence-corrected chi connectivity index (χ3v) is 2.54. The fourth-order valence-corrected chi connectivity index (χ4v) is 1.63. The number of aromatic carboxylic acids is 1. The second kappa shape index (κ2) is 4.25. The average molecular weight is 228 g/mol. The molecule has 17 heavy (non-hydrogen) atoms. The van der Waals surface area contributed by atoms with Crippen LogP contribution in [-0.2, 0) is 0 Å². The molecule has 0 bridgehead atoms. The lowest BCUT2D eigenvalue weighted by Crippen LogP contribution is -2.02. The van der Waals surface area contributed by atoms with Gasteiger partial charge in [0.15, 0.2) is 0 Å². The molecular formula is C13H12N2O2. The van der Waals surface area contributed by atoms with Crippen molar-refractivity contribution in [3.05, 3.63) is 47.8 Å². The number of nitrogens with zero attached hydrogens (tertiary/aromatic N) is 1. The maximum Gasteiger partial charge on any atom is 0.337 e. The predicted octanol–water partition coefficient (Wildman–Crippen LogP) is 2.34. The van der Waals surface area contributed by atoms with Crippen LogP contribution in [0.1, 0.15) is 16.1 Å². The Morgan fingerprint density at radius 2 is 2.06 bits per heavy atom. The third-order valence-electron chi connectivity index (χ3n) is 2.54. The van der Waals surface area contributed by atoms with Crippen molar-refractivity contribution < 1.29 is 9.90 Å². The number of carbonyl (C=O) groups is 1. The van der Waals surface area contributed by atoms with Crippen molar-refractivity contribution in [1.29, 1.82) is 0 Å². The molecule has 0 aliphatic carbocycles. The van der Waals surface area contributed by atoms with Gasteiger partial charge in [0.2, 0.25) is 0 Å². The Bertz CT molecular complexity index is 579. The average Bonchev–Trinajstić information content (AvgIpc) is 2.29. The van der Waals surface area contributed by atoms with E-state index in [0.717, 1.165) is 11.1 Å². The fraction of sp³-hybridized carbons (Fsp3) is 0.0769. The lowest BCUT2D eigenvalue weighted by atomic mass is 10.0. The first-order chi connectivity index (χ1) is 8.08. The molecule has 86 valence electrons. The van der Waals surface area contributed by atoms with E-state index in [0.29, 0.717) is 11.4 Å². The minimum Gasteiger partial charge on any atom is -0.478 e. The molecule has 4 heteroatoms. The number of anilines is 1. The highest BCUT2D eigenvalue weighted by molar-refractivity contribution is 5.90. The molecule has 1 heterocycles. The Labute approximate surface area is 98.7 Å². The Morgan fingerprint density at radius 3 is 2.71 bits per heavy atom. The van der Waals surface area contributed by atoms with Crippen LogP contribution >= 0.6 is 0 Å². The summed E-state index contributed by atoms with van der Waals surface area (Å²) in [4.78, 5) is 15.1. The molecule has 2 aromatic rings. The van der Waals surface area contributed by atoms with Crippen LogP contribution in [0.2, 0.25) is 0 Å². The van der Waals surface area contributed by atoms with E-state index in [1.807, 2.05) is 12.1 Å². The molecule has 0 spiro atoms. The van der Waals surface area contributed by atoms with Crippen LogP contribution in [0.4, 0.5) is 5.69 Å². The molecule has 0 fully saturated rings. The molecule has 2 rings (SSSR count). The summed E-state index contributed by atoms with van der Waals surface area (Å²) in [5.41, 5.74) is 8.65. The van der Waals surface area contributed by atoms with Crippen LogP contribution in [-0.4, -0.2) is 16.1 Å². The van der Waals surface area contributed by atoms with Crippen molar-refractivity contribution in [3.63, 3.8) is 0 Å². The van der Waals surface area contributed by atoms with E-state index in [1.165, 1.54) is 0 Å². The summed E-state index contributed by atoms with van der Waals surface area (Å²) in [6.07, 6.45) is 1.65. The number of hydrogen-bond donors (Lipinski definition) is 2. The van der Waals surface area contributed by atoms with Crippen molar-refractivity contribution >= 4 is 11.7 Å². The zero-order valence-corrected chi connectivity index (χ0v) is 9.34. The number of hydrogen-bond acceptors (Lipinski definition) is 3. The van der Waals surface area contributed by atoms with Gasteiger partial charge in [-0.1, -0.05) is 12.1 Å². The maximum atomic E-state index is 11.0. The monoisotopic (exact) mass is 228 g/mol. The van der Waals surface area contributed by atoms with Gasteiger partial charge in [-0.25, -0.2) is 4.79 Å². The molecule has 0 radical (unpaired) electrons. The first kappa shape index (κ1) is 11.1. The SMILES string of the molecule is Cc1ncc(-c2cccc(N)c2)cc1C(=O)O. The number of carboxylic acid groups (broad SMARTS) is 1. The Kier molecular flexibility index (Phi) is 2.78. The van der Waals surface area contributed by atoms with Crippen LogP contribution in [0.3, 0.4) is 0 Å². The number of aryl methyl sites for hydroxylation is 1. The Balaban J connectivity index is 2.54. The summed E-state index contributed by atoms with van der Waals surface area (Å²) in [6, 6.07) is 8.87. The lowest BCUT2D eigenvalue weighted by Gasteiger charge is -2.05. The number of carboxylic acids is 1. The predicted molar refractivity (Wildman–Crippen MR) is 65.8 cm³/mol. The molecular weight excluding hydrogens is 216 g/mol. The molecule has 0 saturated carbocycles. The van der Waals surface area contributed by atoms with Crippen LogP contribution < -0.4 is 5.73 Å². The van der Waals surface area contributed by atoms with E-state index in [1.54, 1.807) is 31.3 Å². The van der Waals surface area contributed by atoms with Crippen molar-refractivity contribution in [2.75, 3.05) is 5.73 Å². The molecule has 0 atom stereocenters. The van der Waals surface area contributed by atoms with Crippen molar-refractivity contribution in [1.82, 2.24) is 4.98 Å². The molecule has 0 aliphatic heterocycles. The van der Waals surface area contributed by atoms with Gasteiger partial charge >= 0.3 is 5.97 Å². The number of benzene rings is 1. The zero-order chi connectivity index (χ0) is 12.4. The second-order valence-corrected chi connectivity index (χ2v) is 3.79. The Hall–Kier alpha value is -2.36. The van der Waals surface area contributed by atoms with Gasteiger partial charge in [-0.2, -0.15) is 0 Å². The van der Waals surface area contributed by atoms with Crippen molar-refractivity contribution in [3.8, 4) is 11.1 Å². The minimum atomic E-state index is -0.972. The molecule has 1 aromatic carbocycles. The largest absolute Gasteiger partial charge is 0.478 e. The van der Waals surface area contributed by atoms with Gasteiger partial charge in [-0.15, -0.1) is 0 Å². The van der Waals surface area contributed by atoms with Crippen LogP contribution in [0.25, 0.3) is 11.1 Å². The van der Waals surface area contributed by atoms with Crippen LogP contribution in [0.15, 0.2) is 36.5 Å². The van der Waals surface area contributed by atoms with E-state index in [4.69, 9.17) is 10.8 Å². The van der Waals surface area contributed by atoms with Gasteiger partial charge in [0, 0.05) is 17.4 Å². The van der Waals surface area contributed by atoms with E-state index < -0.39 is 5.97 Å². The molecule has 3 N–H and O–H groups in total. The number of nitrogens with two attached hydrogens (primary N) is 1. The third kappa shape index (κ3) is 2.25. The molecule has 0 unspecified atom stereocenters. The molecule has 0 saturated heterocycles. The number of pyridine rings is 1. The number of rotatable bonds is 2. The van der Waals surface area contributed by atoms with Gasteiger partial charge in [0.25, 0.3) is 0 Å². The van der Waals surface area contributed by atoms with Crippen molar-refractivity contribution in [2.45, 2.75) is 6.92 Å². The van der Waals surface area contributed by atoms with Crippen molar-refractivity contribution in [2.24, 2.45) is 0 Å². The van der Waals surface area contributed by atoms with Gasteiger partial charge in [-0.05, 0) is 30.7 Å². The summed E-state index contributed by atoms with van der Waals surface area (Å²) in [6.45, 7) is 1.67. The minimum absolute atomic E-state index is 0.213.